The maximum atomic E-state index is 2.47. The van der Waals surface area contributed by atoms with Gasteiger partial charge in [-0.15, -0.1) is 0 Å². The molecule has 0 N–H and O–H groups in total. The standard InChI is InChI=1S/C23H28/c1-6-17-9-7-8-10-21(17)23-20(16(4)5)12-11-18-13-19(15(2)3)14-22(18)23/h7-12,14-16H,6,13H2,1-5H3. The topological polar surface area (TPSA) is 0 Å². The number of benzene rings is 2. The largest absolute Gasteiger partial charge is 0.0626 e. The first-order valence-electron chi connectivity index (χ1n) is 8.97. The van der Waals surface area contributed by atoms with E-state index in [-0.39, 0.29) is 0 Å². The van der Waals surface area contributed by atoms with Gasteiger partial charge < -0.3 is 0 Å². The van der Waals surface area contributed by atoms with E-state index in [2.05, 4.69) is 77.1 Å². The van der Waals surface area contributed by atoms with Crippen LogP contribution in [0, 0.1) is 5.92 Å². The van der Waals surface area contributed by atoms with Gasteiger partial charge in [0.15, 0.2) is 0 Å². The molecule has 0 aromatic heterocycles. The first-order chi connectivity index (χ1) is 11.0. The molecule has 0 atom stereocenters. The summed E-state index contributed by atoms with van der Waals surface area (Å²) in [6.45, 7) is 11.5. The number of aryl methyl sites for hydroxylation is 1. The Bertz CT molecular complexity index is 745. The van der Waals surface area contributed by atoms with Crippen LogP contribution in [0.2, 0.25) is 0 Å². The fourth-order valence-corrected chi connectivity index (χ4v) is 3.68. The first-order valence-corrected chi connectivity index (χ1v) is 8.97. The quantitative estimate of drug-likeness (QED) is 0.594. The van der Waals surface area contributed by atoms with Crippen LogP contribution < -0.4 is 0 Å². The predicted molar refractivity (Wildman–Crippen MR) is 102 cm³/mol. The predicted octanol–water partition coefficient (Wildman–Crippen LogP) is 6.63. The van der Waals surface area contributed by atoms with Gasteiger partial charge in [-0.05, 0) is 58.1 Å². The van der Waals surface area contributed by atoms with Crippen LogP contribution in [0.4, 0.5) is 0 Å². The fourth-order valence-electron chi connectivity index (χ4n) is 3.68. The van der Waals surface area contributed by atoms with Crippen LogP contribution in [0.25, 0.3) is 17.2 Å². The van der Waals surface area contributed by atoms with E-state index in [1.54, 1.807) is 5.57 Å². The number of hydrogen-bond acceptors (Lipinski definition) is 0. The molecule has 0 fully saturated rings. The van der Waals surface area contributed by atoms with Gasteiger partial charge in [0.25, 0.3) is 0 Å². The van der Waals surface area contributed by atoms with Crippen molar-refractivity contribution in [3.8, 4) is 11.1 Å². The number of hydrogen-bond donors (Lipinski definition) is 0. The Morgan fingerprint density at radius 2 is 1.65 bits per heavy atom. The van der Waals surface area contributed by atoms with Gasteiger partial charge in [0.1, 0.15) is 0 Å². The maximum Gasteiger partial charge on any atom is -0.00550 e. The molecule has 0 bridgehead atoms. The van der Waals surface area contributed by atoms with Crippen LogP contribution in [-0.2, 0) is 12.8 Å². The third kappa shape index (κ3) is 2.87. The van der Waals surface area contributed by atoms with Gasteiger partial charge in [0.2, 0.25) is 0 Å². The van der Waals surface area contributed by atoms with Crippen molar-refractivity contribution in [2.45, 2.75) is 53.4 Å². The van der Waals surface area contributed by atoms with Gasteiger partial charge >= 0.3 is 0 Å². The van der Waals surface area contributed by atoms with Crippen LogP contribution in [0.3, 0.4) is 0 Å². The van der Waals surface area contributed by atoms with Crippen LogP contribution in [0.5, 0.6) is 0 Å². The second kappa shape index (κ2) is 6.35. The first kappa shape index (κ1) is 16.1. The Kier molecular flexibility index (Phi) is 4.43. The Labute approximate surface area is 141 Å². The van der Waals surface area contributed by atoms with E-state index in [0.29, 0.717) is 11.8 Å². The van der Waals surface area contributed by atoms with Crippen molar-refractivity contribution in [3.63, 3.8) is 0 Å². The molecule has 0 radical (unpaired) electrons. The number of allylic oxidation sites excluding steroid dienone is 1. The van der Waals surface area contributed by atoms with Crippen molar-refractivity contribution in [3.05, 3.63) is 64.2 Å². The van der Waals surface area contributed by atoms with Crippen molar-refractivity contribution in [1.82, 2.24) is 0 Å². The molecule has 0 amide bonds. The summed E-state index contributed by atoms with van der Waals surface area (Å²) in [6.07, 6.45) is 4.67. The Hall–Kier alpha value is -1.82. The summed E-state index contributed by atoms with van der Waals surface area (Å²) in [4.78, 5) is 0. The van der Waals surface area contributed by atoms with Gasteiger partial charge in [0.05, 0.1) is 0 Å². The van der Waals surface area contributed by atoms with E-state index >= 15 is 0 Å². The summed E-state index contributed by atoms with van der Waals surface area (Å²) in [5, 5.41) is 0. The Balaban J connectivity index is 2.28. The van der Waals surface area contributed by atoms with E-state index in [9.17, 15) is 0 Å². The molecule has 0 unspecified atom stereocenters. The molecule has 0 saturated carbocycles. The molecule has 1 aliphatic carbocycles. The van der Waals surface area contributed by atoms with Gasteiger partial charge in [0, 0.05) is 0 Å². The minimum Gasteiger partial charge on any atom is -0.0626 e. The van der Waals surface area contributed by atoms with Crippen LogP contribution >= 0.6 is 0 Å². The van der Waals surface area contributed by atoms with E-state index in [0.717, 1.165) is 12.8 Å². The third-order valence-corrected chi connectivity index (χ3v) is 5.12. The highest BCUT2D eigenvalue weighted by molar-refractivity contribution is 5.85. The van der Waals surface area contributed by atoms with Crippen molar-refractivity contribution in [1.29, 1.82) is 0 Å². The van der Waals surface area contributed by atoms with Crippen molar-refractivity contribution in [2.24, 2.45) is 5.92 Å². The zero-order valence-corrected chi connectivity index (χ0v) is 15.1. The number of fused-ring (bicyclic) bond motifs is 1. The zero-order chi connectivity index (χ0) is 16.6. The normalized spacial score (nSPS) is 13.6. The molecular weight excluding hydrogens is 276 g/mol. The second-order valence-corrected chi connectivity index (χ2v) is 7.32. The van der Waals surface area contributed by atoms with E-state index in [4.69, 9.17) is 0 Å². The van der Waals surface area contributed by atoms with Crippen molar-refractivity contribution >= 4 is 6.08 Å². The number of rotatable bonds is 4. The van der Waals surface area contributed by atoms with Crippen molar-refractivity contribution in [2.75, 3.05) is 0 Å². The molecule has 0 heteroatoms. The molecule has 0 aliphatic heterocycles. The molecule has 0 heterocycles. The lowest BCUT2D eigenvalue weighted by Crippen LogP contribution is -1.99. The molecule has 2 aromatic rings. The summed E-state index contributed by atoms with van der Waals surface area (Å²) in [7, 11) is 0. The lowest BCUT2D eigenvalue weighted by Gasteiger charge is -2.19. The van der Waals surface area contributed by atoms with Gasteiger partial charge in [-0.3, -0.25) is 0 Å². The van der Waals surface area contributed by atoms with Gasteiger partial charge in [-0.25, -0.2) is 0 Å². The van der Waals surface area contributed by atoms with E-state index in [1.807, 2.05) is 0 Å². The minimum absolute atomic E-state index is 0.539. The molecule has 0 spiro atoms. The maximum absolute atomic E-state index is 2.47. The molecular formula is C23H28. The summed E-state index contributed by atoms with van der Waals surface area (Å²) >= 11 is 0. The average Bonchev–Trinajstić information content (AvgIpc) is 2.98. The molecule has 0 saturated heterocycles. The van der Waals surface area contributed by atoms with Crippen LogP contribution in [0.15, 0.2) is 42.0 Å². The van der Waals surface area contributed by atoms with Crippen molar-refractivity contribution < 1.29 is 0 Å². The van der Waals surface area contributed by atoms with Gasteiger partial charge in [-0.1, -0.05) is 82.7 Å². The molecule has 3 rings (SSSR count). The smallest absolute Gasteiger partial charge is 0.00550 e. The molecule has 1 aliphatic rings. The Morgan fingerprint density at radius 1 is 0.913 bits per heavy atom. The Morgan fingerprint density at radius 3 is 2.30 bits per heavy atom. The highest BCUT2D eigenvalue weighted by Gasteiger charge is 2.22. The monoisotopic (exact) mass is 304 g/mol. The fraction of sp³-hybridized carbons (Fsp3) is 0.391. The highest BCUT2D eigenvalue weighted by Crippen LogP contribution is 2.41. The highest BCUT2D eigenvalue weighted by atomic mass is 14.3. The van der Waals surface area contributed by atoms with Crippen LogP contribution in [-0.4, -0.2) is 0 Å². The summed E-state index contributed by atoms with van der Waals surface area (Å²) < 4.78 is 0. The molecule has 120 valence electrons. The van der Waals surface area contributed by atoms with E-state index < -0.39 is 0 Å². The molecule has 2 aromatic carbocycles. The van der Waals surface area contributed by atoms with Gasteiger partial charge in [-0.2, -0.15) is 0 Å². The van der Waals surface area contributed by atoms with Crippen LogP contribution in [0.1, 0.15) is 62.8 Å². The lowest BCUT2D eigenvalue weighted by atomic mass is 9.85. The van der Waals surface area contributed by atoms with E-state index in [1.165, 1.54) is 33.4 Å². The molecule has 0 nitrogen and oxygen atoms in total. The second-order valence-electron chi connectivity index (χ2n) is 7.32. The summed E-state index contributed by atoms with van der Waals surface area (Å²) in [5.74, 6) is 1.16. The summed E-state index contributed by atoms with van der Waals surface area (Å²) in [5.41, 5.74) is 10.4. The lowest BCUT2D eigenvalue weighted by molar-refractivity contribution is 0.754. The SMILES string of the molecule is CCc1ccccc1-c1c(C(C)C)ccc2c1C=C(C(C)C)C2. The third-order valence-electron chi connectivity index (χ3n) is 5.12. The zero-order valence-electron chi connectivity index (χ0n) is 15.1. The molecule has 23 heavy (non-hydrogen) atoms. The summed E-state index contributed by atoms with van der Waals surface area (Å²) in [6, 6.07) is 13.6. The minimum atomic E-state index is 0.539. The average molecular weight is 304 g/mol.